The molecule has 0 atom stereocenters. The fourth-order valence-corrected chi connectivity index (χ4v) is 3.97. The molecule has 0 radical (unpaired) electrons. The Hall–Kier alpha value is -4.09. The maximum Gasteiger partial charge on any atom is 0.347 e. The number of pyridine rings is 1. The van der Waals surface area contributed by atoms with E-state index in [4.69, 9.17) is 25.8 Å². The van der Waals surface area contributed by atoms with E-state index >= 15 is 0 Å². The molecule has 4 rings (SSSR count). The zero-order valence-electron chi connectivity index (χ0n) is 20.4. The zero-order valence-corrected chi connectivity index (χ0v) is 21.2. The van der Waals surface area contributed by atoms with Crippen molar-refractivity contribution < 1.29 is 19.0 Å². The second-order valence-corrected chi connectivity index (χ2v) is 8.69. The lowest BCUT2D eigenvalue weighted by atomic mass is 10.1. The van der Waals surface area contributed by atoms with E-state index in [9.17, 15) is 4.79 Å². The van der Waals surface area contributed by atoms with E-state index in [-0.39, 0.29) is 36.4 Å². The van der Waals surface area contributed by atoms with Crippen LogP contribution in [0, 0.1) is 0 Å². The molecular weight excluding hydrogens is 486 g/mol. The molecule has 0 spiro atoms. The van der Waals surface area contributed by atoms with Crippen LogP contribution in [0.5, 0.6) is 11.6 Å². The van der Waals surface area contributed by atoms with Gasteiger partial charge in [0, 0.05) is 5.56 Å². The van der Waals surface area contributed by atoms with Gasteiger partial charge in [-0.1, -0.05) is 109 Å². The Labute approximate surface area is 222 Å². The molecule has 4 aromatic rings. The van der Waals surface area contributed by atoms with Crippen LogP contribution >= 0.6 is 11.6 Å². The summed E-state index contributed by atoms with van der Waals surface area (Å²) in [6.45, 7) is 4.34. The zero-order chi connectivity index (χ0) is 25.9. The molecule has 0 aliphatic heterocycles. The van der Waals surface area contributed by atoms with Gasteiger partial charge in [0.1, 0.15) is 30.7 Å². The van der Waals surface area contributed by atoms with Gasteiger partial charge in [0.2, 0.25) is 5.88 Å². The highest BCUT2D eigenvalue weighted by Crippen LogP contribution is 2.38. The molecule has 0 aliphatic carbocycles. The minimum Gasteiger partial charge on any atom is -0.487 e. The number of hydrogen-bond donors (Lipinski definition) is 0. The number of rotatable bonds is 12. The second-order valence-electron chi connectivity index (χ2n) is 8.33. The van der Waals surface area contributed by atoms with Gasteiger partial charge in [-0.15, -0.1) is 6.58 Å². The summed E-state index contributed by atoms with van der Waals surface area (Å²) in [6.07, 6.45) is 2.91. The van der Waals surface area contributed by atoms with E-state index in [0.29, 0.717) is 24.2 Å². The van der Waals surface area contributed by atoms with Gasteiger partial charge in [0.15, 0.2) is 5.56 Å². The van der Waals surface area contributed by atoms with Crippen LogP contribution < -0.4 is 9.47 Å². The molecule has 0 saturated heterocycles. The van der Waals surface area contributed by atoms with Gasteiger partial charge in [-0.3, -0.25) is 0 Å². The van der Waals surface area contributed by atoms with Crippen LogP contribution in [0.25, 0.3) is 0 Å². The highest BCUT2D eigenvalue weighted by Gasteiger charge is 2.28. The van der Waals surface area contributed by atoms with Gasteiger partial charge >= 0.3 is 5.97 Å². The number of ether oxygens (including phenoxy) is 3. The lowest BCUT2D eigenvalue weighted by Gasteiger charge is -2.19. The Morgan fingerprint density at radius 3 is 1.84 bits per heavy atom. The summed E-state index contributed by atoms with van der Waals surface area (Å²) in [5, 5.41) is 0.215. The average Bonchev–Trinajstić information content (AvgIpc) is 2.94. The van der Waals surface area contributed by atoms with Crippen molar-refractivity contribution in [3.63, 3.8) is 0 Å². The van der Waals surface area contributed by atoms with Crippen molar-refractivity contribution >= 4 is 17.6 Å². The summed E-state index contributed by atoms with van der Waals surface area (Å²) >= 11 is 6.63. The highest BCUT2D eigenvalue weighted by molar-refractivity contribution is 6.30. The van der Waals surface area contributed by atoms with Crippen LogP contribution in [-0.2, 0) is 31.0 Å². The quantitative estimate of drug-likeness (QED) is 0.112. The van der Waals surface area contributed by atoms with Gasteiger partial charge in [0.25, 0.3) is 0 Å². The molecule has 6 heteroatoms. The number of hydrogen-bond acceptors (Lipinski definition) is 5. The fourth-order valence-electron chi connectivity index (χ4n) is 3.71. The van der Waals surface area contributed by atoms with Crippen LogP contribution in [0.4, 0.5) is 0 Å². The monoisotopic (exact) mass is 513 g/mol. The smallest absolute Gasteiger partial charge is 0.347 e. The maximum absolute atomic E-state index is 13.5. The van der Waals surface area contributed by atoms with Gasteiger partial charge in [0.05, 0.1) is 0 Å². The molecular formula is C31H28ClNO4. The summed E-state index contributed by atoms with van der Waals surface area (Å²) in [6, 6.07) is 28.8. The molecule has 188 valence electrons. The van der Waals surface area contributed by atoms with Crippen molar-refractivity contribution in [3.05, 3.63) is 137 Å². The minimum absolute atomic E-state index is 0.0670. The maximum atomic E-state index is 13.5. The number of benzene rings is 3. The summed E-state index contributed by atoms with van der Waals surface area (Å²) < 4.78 is 18.0. The number of esters is 1. The summed E-state index contributed by atoms with van der Waals surface area (Å²) in [5.41, 5.74) is 3.46. The van der Waals surface area contributed by atoms with Crippen molar-refractivity contribution in [2.45, 2.75) is 32.7 Å². The van der Waals surface area contributed by atoms with Gasteiger partial charge in [-0.25, -0.2) is 9.78 Å². The van der Waals surface area contributed by atoms with Crippen molar-refractivity contribution in [2.75, 3.05) is 0 Å². The van der Waals surface area contributed by atoms with E-state index in [1.165, 1.54) is 0 Å². The van der Waals surface area contributed by atoms with E-state index in [0.717, 1.165) is 16.7 Å². The SMILES string of the molecule is C=CCCc1c(Cl)nc(OCc2ccccc2)c(C(=O)OCc2ccccc2)c1OCc1ccccc1. The number of nitrogens with zero attached hydrogens (tertiary/aromatic N) is 1. The lowest BCUT2D eigenvalue weighted by Crippen LogP contribution is -2.14. The fraction of sp³-hybridized carbons (Fsp3) is 0.161. The standard InChI is InChI=1S/C31H28ClNO4/c1-2-3-19-26-28(35-20-23-13-7-4-8-14-23)27(31(34)37-22-25-17-11-6-12-18-25)30(33-29(26)32)36-21-24-15-9-5-10-16-24/h2,4-18H,1,3,19-22H2. The van der Waals surface area contributed by atoms with Crippen molar-refractivity contribution in [1.82, 2.24) is 4.98 Å². The molecule has 0 N–H and O–H groups in total. The molecule has 0 saturated carbocycles. The molecule has 0 unspecified atom stereocenters. The first-order valence-corrected chi connectivity index (χ1v) is 12.4. The molecule has 37 heavy (non-hydrogen) atoms. The van der Waals surface area contributed by atoms with Crippen LogP contribution in [0.2, 0.25) is 5.15 Å². The molecule has 0 bridgehead atoms. The van der Waals surface area contributed by atoms with Crippen molar-refractivity contribution in [1.29, 1.82) is 0 Å². The Morgan fingerprint density at radius 2 is 1.30 bits per heavy atom. The van der Waals surface area contributed by atoms with Crippen LogP contribution in [0.15, 0.2) is 104 Å². The highest BCUT2D eigenvalue weighted by atomic mass is 35.5. The predicted molar refractivity (Wildman–Crippen MR) is 145 cm³/mol. The first kappa shape index (κ1) is 26.0. The minimum atomic E-state index is -0.598. The van der Waals surface area contributed by atoms with E-state index in [2.05, 4.69) is 11.6 Å². The number of carbonyl (C=O) groups excluding carboxylic acids is 1. The van der Waals surface area contributed by atoms with Crippen molar-refractivity contribution in [3.8, 4) is 11.6 Å². The molecule has 5 nitrogen and oxygen atoms in total. The number of halogens is 1. The number of carbonyl (C=O) groups is 1. The van der Waals surface area contributed by atoms with E-state index in [1.807, 2.05) is 91.0 Å². The Balaban J connectivity index is 1.72. The summed E-state index contributed by atoms with van der Waals surface area (Å²) in [7, 11) is 0. The van der Waals surface area contributed by atoms with Gasteiger partial charge in [-0.05, 0) is 29.5 Å². The third-order valence-corrected chi connectivity index (χ3v) is 5.94. The topological polar surface area (TPSA) is 57.7 Å². The van der Waals surface area contributed by atoms with E-state index < -0.39 is 5.97 Å². The van der Waals surface area contributed by atoms with E-state index in [1.54, 1.807) is 6.08 Å². The van der Waals surface area contributed by atoms with Crippen LogP contribution in [0.3, 0.4) is 0 Å². The molecule has 3 aromatic carbocycles. The first-order chi connectivity index (χ1) is 18.2. The van der Waals surface area contributed by atoms with Crippen molar-refractivity contribution in [2.24, 2.45) is 0 Å². The Kier molecular flexibility index (Phi) is 9.33. The van der Waals surface area contributed by atoms with Gasteiger partial charge in [-0.2, -0.15) is 0 Å². The molecule has 0 aliphatic rings. The second kappa shape index (κ2) is 13.3. The Bertz CT molecular complexity index is 1310. The molecule has 0 fully saturated rings. The largest absolute Gasteiger partial charge is 0.487 e. The summed E-state index contributed by atoms with van der Waals surface area (Å²) in [5.74, 6) is -0.219. The molecule has 1 aromatic heterocycles. The normalized spacial score (nSPS) is 10.5. The Morgan fingerprint density at radius 1 is 0.784 bits per heavy atom. The molecule has 1 heterocycles. The van der Waals surface area contributed by atoms with Gasteiger partial charge < -0.3 is 14.2 Å². The number of aromatic nitrogens is 1. The third-order valence-electron chi connectivity index (χ3n) is 5.62. The average molecular weight is 514 g/mol. The predicted octanol–water partition coefficient (Wildman–Crippen LogP) is 7.37. The third kappa shape index (κ3) is 7.21. The lowest BCUT2D eigenvalue weighted by molar-refractivity contribution is 0.0460. The summed E-state index contributed by atoms with van der Waals surface area (Å²) in [4.78, 5) is 18.0. The molecule has 0 amide bonds. The first-order valence-electron chi connectivity index (χ1n) is 12.0. The van der Waals surface area contributed by atoms with Crippen LogP contribution in [-0.4, -0.2) is 11.0 Å². The van der Waals surface area contributed by atoms with Crippen LogP contribution in [0.1, 0.15) is 39.0 Å². The number of allylic oxidation sites excluding steroid dienone is 1.